The molecule has 0 heterocycles. The number of halogens is 5. The van der Waals surface area contributed by atoms with Crippen LogP contribution in [0.5, 0.6) is 5.75 Å². The molecule has 3 aromatic rings. The van der Waals surface area contributed by atoms with Gasteiger partial charge in [-0.1, -0.05) is 46.3 Å². The van der Waals surface area contributed by atoms with Crippen molar-refractivity contribution in [2.24, 2.45) is 0 Å². The highest BCUT2D eigenvalue weighted by Crippen LogP contribution is 2.39. The highest BCUT2D eigenvalue weighted by Gasteiger charge is 2.31. The van der Waals surface area contributed by atoms with Gasteiger partial charge in [-0.2, -0.15) is 13.2 Å². The van der Waals surface area contributed by atoms with Crippen molar-refractivity contribution in [3.05, 3.63) is 88.1 Å². The van der Waals surface area contributed by atoms with Gasteiger partial charge in [0, 0.05) is 10.0 Å². The second-order valence-electron chi connectivity index (χ2n) is 5.60. The van der Waals surface area contributed by atoms with Gasteiger partial charge in [0.25, 0.3) is 0 Å². The SMILES string of the molecule is Fc1ccc(COc2ccc(C(F)(F)F)cc2-c2ccccc2Br)cc1. The van der Waals surface area contributed by atoms with Crippen LogP contribution in [0.15, 0.2) is 71.2 Å². The van der Waals surface area contributed by atoms with Gasteiger partial charge in [-0.15, -0.1) is 0 Å². The zero-order chi connectivity index (χ0) is 18.7. The first-order chi connectivity index (χ1) is 12.3. The lowest BCUT2D eigenvalue weighted by molar-refractivity contribution is -0.137. The molecule has 0 fully saturated rings. The average molecular weight is 425 g/mol. The molecule has 0 saturated heterocycles. The number of alkyl halides is 3. The Kier molecular flexibility index (Phi) is 5.32. The summed E-state index contributed by atoms with van der Waals surface area (Å²) in [5.41, 5.74) is 0.879. The monoisotopic (exact) mass is 424 g/mol. The summed E-state index contributed by atoms with van der Waals surface area (Å²) in [5.74, 6) is -0.0496. The molecule has 3 aromatic carbocycles. The summed E-state index contributed by atoms with van der Waals surface area (Å²) >= 11 is 3.37. The van der Waals surface area contributed by atoms with E-state index in [1.54, 1.807) is 36.4 Å². The first-order valence-electron chi connectivity index (χ1n) is 7.68. The second-order valence-corrected chi connectivity index (χ2v) is 6.46. The number of hydrogen-bond donors (Lipinski definition) is 0. The van der Waals surface area contributed by atoms with Gasteiger partial charge >= 0.3 is 6.18 Å². The van der Waals surface area contributed by atoms with Crippen LogP contribution < -0.4 is 4.74 Å². The zero-order valence-corrected chi connectivity index (χ0v) is 14.9. The number of benzene rings is 3. The zero-order valence-electron chi connectivity index (χ0n) is 13.4. The van der Waals surface area contributed by atoms with E-state index in [-0.39, 0.29) is 12.4 Å². The van der Waals surface area contributed by atoms with Crippen LogP contribution in [0.1, 0.15) is 11.1 Å². The first-order valence-corrected chi connectivity index (χ1v) is 8.47. The summed E-state index contributed by atoms with van der Waals surface area (Å²) in [6, 6.07) is 16.1. The van der Waals surface area contributed by atoms with Gasteiger partial charge in [-0.25, -0.2) is 4.39 Å². The second kappa shape index (κ2) is 7.50. The molecule has 0 amide bonds. The topological polar surface area (TPSA) is 9.23 Å². The van der Waals surface area contributed by atoms with Gasteiger partial charge in [-0.05, 0) is 47.5 Å². The van der Waals surface area contributed by atoms with Gasteiger partial charge in [0.05, 0.1) is 5.56 Å². The number of hydrogen-bond acceptors (Lipinski definition) is 1. The highest BCUT2D eigenvalue weighted by atomic mass is 79.9. The molecule has 1 nitrogen and oxygen atoms in total. The fraction of sp³-hybridized carbons (Fsp3) is 0.100. The number of rotatable bonds is 4. The van der Waals surface area contributed by atoms with Gasteiger partial charge in [-0.3, -0.25) is 0 Å². The van der Waals surface area contributed by atoms with Crippen molar-refractivity contribution in [1.82, 2.24) is 0 Å². The molecule has 134 valence electrons. The lowest BCUT2D eigenvalue weighted by Crippen LogP contribution is -2.06. The van der Waals surface area contributed by atoms with E-state index in [1.165, 1.54) is 18.2 Å². The molecule has 26 heavy (non-hydrogen) atoms. The summed E-state index contributed by atoms with van der Waals surface area (Å²) in [4.78, 5) is 0. The average Bonchev–Trinajstić information content (AvgIpc) is 2.61. The van der Waals surface area contributed by atoms with Gasteiger partial charge in [0.2, 0.25) is 0 Å². The van der Waals surface area contributed by atoms with E-state index in [0.717, 1.165) is 12.1 Å². The Morgan fingerprint density at radius 1 is 0.846 bits per heavy atom. The van der Waals surface area contributed by atoms with E-state index in [9.17, 15) is 17.6 Å². The molecule has 0 N–H and O–H groups in total. The molecule has 3 rings (SSSR count). The van der Waals surface area contributed by atoms with E-state index in [4.69, 9.17) is 4.74 Å². The Labute approximate surface area is 156 Å². The largest absolute Gasteiger partial charge is 0.488 e. The lowest BCUT2D eigenvalue weighted by atomic mass is 10.0. The van der Waals surface area contributed by atoms with Crippen LogP contribution >= 0.6 is 15.9 Å². The van der Waals surface area contributed by atoms with Crippen molar-refractivity contribution in [2.75, 3.05) is 0 Å². The third-order valence-electron chi connectivity index (χ3n) is 3.78. The van der Waals surface area contributed by atoms with Crippen molar-refractivity contribution in [3.63, 3.8) is 0 Å². The predicted molar refractivity (Wildman–Crippen MR) is 95.3 cm³/mol. The predicted octanol–water partition coefficient (Wildman–Crippen LogP) is 6.85. The van der Waals surface area contributed by atoms with Crippen molar-refractivity contribution >= 4 is 15.9 Å². The Bertz CT molecular complexity index is 904. The van der Waals surface area contributed by atoms with Crippen molar-refractivity contribution in [1.29, 1.82) is 0 Å². The van der Waals surface area contributed by atoms with E-state index < -0.39 is 11.7 Å². The Morgan fingerprint density at radius 2 is 1.54 bits per heavy atom. The normalized spacial score (nSPS) is 11.4. The van der Waals surface area contributed by atoms with Crippen molar-refractivity contribution in [3.8, 4) is 16.9 Å². The molecule has 0 atom stereocenters. The summed E-state index contributed by atoms with van der Waals surface area (Å²) in [6.07, 6.45) is -4.45. The highest BCUT2D eigenvalue weighted by molar-refractivity contribution is 9.10. The van der Waals surface area contributed by atoms with Crippen LogP contribution in [-0.2, 0) is 12.8 Å². The quantitative estimate of drug-likeness (QED) is 0.416. The van der Waals surface area contributed by atoms with Gasteiger partial charge < -0.3 is 4.74 Å². The summed E-state index contributed by atoms with van der Waals surface area (Å²) in [5, 5.41) is 0. The number of ether oxygens (including phenoxy) is 1. The van der Waals surface area contributed by atoms with Crippen LogP contribution in [0.2, 0.25) is 0 Å². The van der Waals surface area contributed by atoms with Crippen LogP contribution in [-0.4, -0.2) is 0 Å². The third-order valence-corrected chi connectivity index (χ3v) is 4.47. The molecule has 0 aliphatic carbocycles. The lowest BCUT2D eigenvalue weighted by Gasteiger charge is -2.16. The Morgan fingerprint density at radius 3 is 2.19 bits per heavy atom. The maximum Gasteiger partial charge on any atom is 0.416 e. The maximum absolute atomic E-state index is 13.1. The molecule has 0 radical (unpaired) electrons. The van der Waals surface area contributed by atoms with E-state index in [0.29, 0.717) is 26.9 Å². The van der Waals surface area contributed by atoms with E-state index >= 15 is 0 Å². The minimum absolute atomic E-state index is 0.114. The molecule has 0 bridgehead atoms. The molecule has 0 unspecified atom stereocenters. The smallest absolute Gasteiger partial charge is 0.416 e. The molecular formula is C20H13BrF4O. The minimum Gasteiger partial charge on any atom is -0.488 e. The molecule has 0 aliphatic heterocycles. The third kappa shape index (κ3) is 4.25. The molecule has 0 aromatic heterocycles. The van der Waals surface area contributed by atoms with E-state index in [2.05, 4.69) is 15.9 Å². The molecule has 0 saturated carbocycles. The molecule has 6 heteroatoms. The Balaban J connectivity index is 1.98. The van der Waals surface area contributed by atoms with E-state index in [1.807, 2.05) is 0 Å². The van der Waals surface area contributed by atoms with Crippen molar-refractivity contribution in [2.45, 2.75) is 12.8 Å². The van der Waals surface area contributed by atoms with Gasteiger partial charge in [0.1, 0.15) is 18.2 Å². The maximum atomic E-state index is 13.1. The van der Waals surface area contributed by atoms with Crippen molar-refractivity contribution < 1.29 is 22.3 Å². The van der Waals surface area contributed by atoms with Crippen LogP contribution in [0.4, 0.5) is 17.6 Å². The standard InChI is InChI=1S/C20H13BrF4O/c21-18-4-2-1-3-16(18)17-11-14(20(23,24)25)7-10-19(17)26-12-13-5-8-15(22)9-6-13/h1-11H,12H2. The first kappa shape index (κ1) is 18.5. The fourth-order valence-electron chi connectivity index (χ4n) is 2.46. The molecular weight excluding hydrogens is 412 g/mol. The van der Waals surface area contributed by atoms with Gasteiger partial charge in [0.15, 0.2) is 0 Å². The fourth-order valence-corrected chi connectivity index (χ4v) is 2.96. The summed E-state index contributed by atoms with van der Waals surface area (Å²) in [7, 11) is 0. The van der Waals surface area contributed by atoms with Crippen LogP contribution in [0.3, 0.4) is 0 Å². The van der Waals surface area contributed by atoms with Crippen LogP contribution in [0.25, 0.3) is 11.1 Å². The molecule has 0 aliphatic rings. The minimum atomic E-state index is -4.45. The summed E-state index contributed by atoms with van der Waals surface area (Å²) < 4.78 is 58.7. The van der Waals surface area contributed by atoms with Crippen LogP contribution in [0, 0.1) is 5.82 Å². The molecule has 0 spiro atoms. The summed E-state index contributed by atoms with van der Waals surface area (Å²) in [6.45, 7) is 0.114. The Hall–Kier alpha value is -2.34.